The van der Waals surface area contributed by atoms with Crippen molar-refractivity contribution in [2.24, 2.45) is 5.41 Å². The van der Waals surface area contributed by atoms with Gasteiger partial charge in [-0.25, -0.2) is 0 Å². The monoisotopic (exact) mass is 199 g/mol. The zero-order valence-corrected chi connectivity index (χ0v) is 8.44. The second-order valence-electron chi connectivity index (χ2n) is 4.48. The minimum atomic E-state index is -0.758. The fourth-order valence-corrected chi connectivity index (χ4v) is 2.14. The molecule has 80 valence electrons. The summed E-state index contributed by atoms with van der Waals surface area (Å²) in [5.41, 5.74) is -0.149. The quantitative estimate of drug-likeness (QED) is 0.644. The summed E-state index contributed by atoms with van der Waals surface area (Å²) in [6, 6.07) is 0. The minimum absolute atomic E-state index is 0.121. The van der Waals surface area contributed by atoms with Gasteiger partial charge in [-0.3, -0.25) is 4.79 Å². The molecule has 1 amide bonds. The summed E-state index contributed by atoms with van der Waals surface area (Å²) < 4.78 is 0. The van der Waals surface area contributed by atoms with Gasteiger partial charge < -0.3 is 15.1 Å². The van der Waals surface area contributed by atoms with E-state index in [1.165, 1.54) is 0 Å². The first-order valence-electron chi connectivity index (χ1n) is 5.24. The lowest BCUT2D eigenvalue weighted by Gasteiger charge is -2.21. The van der Waals surface area contributed by atoms with Crippen molar-refractivity contribution in [1.82, 2.24) is 4.90 Å². The number of nitrogens with zero attached hydrogens (tertiary/aromatic N) is 1. The number of β-amino-alcohol motifs (C(OH)–C–C–N with tert-alkyl or cyclic N) is 2. The zero-order valence-electron chi connectivity index (χ0n) is 8.44. The number of aliphatic hydroxyl groups excluding tert-OH is 2. The molecule has 1 aliphatic carbocycles. The Kier molecular flexibility index (Phi) is 2.27. The van der Waals surface area contributed by atoms with Crippen molar-refractivity contribution in [3.8, 4) is 0 Å². The molecule has 1 saturated carbocycles. The van der Waals surface area contributed by atoms with Crippen molar-refractivity contribution < 1.29 is 15.0 Å². The molecule has 1 heterocycles. The van der Waals surface area contributed by atoms with Gasteiger partial charge in [0.15, 0.2) is 0 Å². The van der Waals surface area contributed by atoms with Crippen LogP contribution in [0, 0.1) is 5.41 Å². The standard InChI is InChI=1S/C10H17NO3/c1-2-10(3-4-10)9(14)11-5-7(12)8(13)6-11/h7-8,12-13H,2-6H2,1H3/t7-,8+. The highest BCUT2D eigenvalue weighted by molar-refractivity contribution is 5.85. The number of carbonyl (C=O) groups excluding carboxylic acids is 1. The fourth-order valence-electron chi connectivity index (χ4n) is 2.14. The summed E-state index contributed by atoms with van der Waals surface area (Å²) in [7, 11) is 0. The molecule has 0 bridgehead atoms. The molecule has 2 atom stereocenters. The highest BCUT2D eigenvalue weighted by atomic mass is 16.3. The average Bonchev–Trinajstić information content (AvgIpc) is 2.90. The first-order chi connectivity index (χ1) is 6.59. The summed E-state index contributed by atoms with van der Waals surface area (Å²) in [4.78, 5) is 13.6. The van der Waals surface area contributed by atoms with E-state index >= 15 is 0 Å². The molecule has 0 aromatic heterocycles. The second kappa shape index (κ2) is 3.21. The summed E-state index contributed by atoms with van der Waals surface area (Å²) in [5, 5.41) is 18.7. The molecule has 2 fully saturated rings. The van der Waals surface area contributed by atoms with Crippen molar-refractivity contribution in [1.29, 1.82) is 0 Å². The van der Waals surface area contributed by atoms with Gasteiger partial charge >= 0.3 is 0 Å². The van der Waals surface area contributed by atoms with Crippen LogP contribution in [-0.2, 0) is 4.79 Å². The van der Waals surface area contributed by atoms with Gasteiger partial charge in [0.2, 0.25) is 5.91 Å². The van der Waals surface area contributed by atoms with Crippen molar-refractivity contribution in [2.75, 3.05) is 13.1 Å². The predicted octanol–water partition coefficient (Wildman–Crippen LogP) is -0.259. The fraction of sp³-hybridized carbons (Fsp3) is 0.900. The molecule has 2 aliphatic rings. The van der Waals surface area contributed by atoms with Crippen LogP contribution in [-0.4, -0.2) is 46.3 Å². The molecule has 1 aliphatic heterocycles. The molecule has 1 saturated heterocycles. The Morgan fingerprint density at radius 3 is 2.21 bits per heavy atom. The maximum Gasteiger partial charge on any atom is 0.228 e. The summed E-state index contributed by atoms with van der Waals surface area (Å²) in [5.74, 6) is 0.121. The van der Waals surface area contributed by atoms with Gasteiger partial charge in [0.1, 0.15) is 0 Å². The number of hydrogen-bond acceptors (Lipinski definition) is 3. The first kappa shape index (κ1) is 9.93. The van der Waals surface area contributed by atoms with Crippen LogP contribution in [0.15, 0.2) is 0 Å². The van der Waals surface area contributed by atoms with Crippen LogP contribution in [0.5, 0.6) is 0 Å². The summed E-state index contributed by atoms with van der Waals surface area (Å²) in [6.45, 7) is 2.61. The predicted molar refractivity (Wildman–Crippen MR) is 50.6 cm³/mol. The Balaban J connectivity index is 2.00. The highest BCUT2D eigenvalue weighted by Crippen LogP contribution is 2.50. The van der Waals surface area contributed by atoms with Crippen molar-refractivity contribution >= 4 is 5.91 Å². The van der Waals surface area contributed by atoms with Crippen LogP contribution < -0.4 is 0 Å². The van der Waals surface area contributed by atoms with Crippen LogP contribution in [0.25, 0.3) is 0 Å². The van der Waals surface area contributed by atoms with Gasteiger partial charge in [0.05, 0.1) is 12.2 Å². The molecule has 2 rings (SSSR count). The molecule has 14 heavy (non-hydrogen) atoms. The number of rotatable bonds is 2. The van der Waals surface area contributed by atoms with Gasteiger partial charge in [0.25, 0.3) is 0 Å². The van der Waals surface area contributed by atoms with Crippen LogP contribution in [0.2, 0.25) is 0 Å². The molecule has 0 aromatic rings. The van der Waals surface area contributed by atoms with E-state index in [9.17, 15) is 15.0 Å². The Bertz CT molecular complexity index is 240. The van der Waals surface area contributed by atoms with E-state index in [-0.39, 0.29) is 11.3 Å². The highest BCUT2D eigenvalue weighted by Gasteiger charge is 2.51. The number of amides is 1. The van der Waals surface area contributed by atoms with Crippen LogP contribution in [0.3, 0.4) is 0 Å². The van der Waals surface area contributed by atoms with Crippen LogP contribution in [0.1, 0.15) is 26.2 Å². The average molecular weight is 199 g/mol. The van der Waals surface area contributed by atoms with Gasteiger partial charge in [0, 0.05) is 18.5 Å². The first-order valence-corrected chi connectivity index (χ1v) is 5.24. The van der Waals surface area contributed by atoms with Crippen molar-refractivity contribution in [2.45, 2.75) is 38.4 Å². The lowest BCUT2D eigenvalue weighted by Crippen LogP contribution is -2.36. The van der Waals surface area contributed by atoms with E-state index in [4.69, 9.17) is 0 Å². The van der Waals surface area contributed by atoms with E-state index in [0.29, 0.717) is 13.1 Å². The maximum absolute atomic E-state index is 12.0. The number of hydrogen-bond donors (Lipinski definition) is 2. The Morgan fingerprint density at radius 2 is 1.86 bits per heavy atom. The normalized spacial score (nSPS) is 34.6. The molecule has 0 unspecified atom stereocenters. The minimum Gasteiger partial charge on any atom is -0.388 e. The summed E-state index contributed by atoms with van der Waals surface area (Å²) in [6.07, 6.45) is 1.28. The topological polar surface area (TPSA) is 60.8 Å². The lowest BCUT2D eigenvalue weighted by molar-refractivity contribution is -0.136. The lowest BCUT2D eigenvalue weighted by atomic mass is 10.0. The number of aliphatic hydroxyl groups is 2. The van der Waals surface area contributed by atoms with E-state index in [1.807, 2.05) is 6.92 Å². The van der Waals surface area contributed by atoms with Crippen molar-refractivity contribution in [3.63, 3.8) is 0 Å². The molecule has 4 nitrogen and oxygen atoms in total. The Labute approximate surface area is 83.5 Å². The third-order valence-corrected chi connectivity index (χ3v) is 3.53. The second-order valence-corrected chi connectivity index (χ2v) is 4.48. The molecule has 0 aromatic carbocycles. The van der Waals surface area contributed by atoms with Crippen LogP contribution in [0.4, 0.5) is 0 Å². The number of likely N-dealkylation sites (tertiary alicyclic amines) is 1. The molecular formula is C10H17NO3. The van der Waals surface area contributed by atoms with Gasteiger partial charge in [-0.05, 0) is 19.3 Å². The molecule has 0 spiro atoms. The molecule has 2 N–H and O–H groups in total. The number of carbonyl (C=O) groups is 1. The Morgan fingerprint density at radius 1 is 1.36 bits per heavy atom. The Hall–Kier alpha value is -0.610. The zero-order chi connectivity index (χ0) is 10.3. The van der Waals surface area contributed by atoms with E-state index < -0.39 is 12.2 Å². The van der Waals surface area contributed by atoms with Gasteiger partial charge in [-0.1, -0.05) is 6.92 Å². The van der Waals surface area contributed by atoms with Crippen molar-refractivity contribution in [3.05, 3.63) is 0 Å². The largest absolute Gasteiger partial charge is 0.388 e. The SMILES string of the molecule is CCC1(C(=O)N2C[C@@H](O)[C@@H](O)C2)CC1. The smallest absolute Gasteiger partial charge is 0.228 e. The van der Waals surface area contributed by atoms with E-state index in [0.717, 1.165) is 19.3 Å². The third-order valence-electron chi connectivity index (χ3n) is 3.53. The third kappa shape index (κ3) is 1.42. The van der Waals surface area contributed by atoms with Gasteiger partial charge in [-0.2, -0.15) is 0 Å². The maximum atomic E-state index is 12.0. The summed E-state index contributed by atoms with van der Waals surface area (Å²) >= 11 is 0. The van der Waals surface area contributed by atoms with Crippen LogP contribution >= 0.6 is 0 Å². The van der Waals surface area contributed by atoms with Gasteiger partial charge in [-0.15, -0.1) is 0 Å². The van der Waals surface area contributed by atoms with E-state index in [1.54, 1.807) is 4.90 Å². The molecular weight excluding hydrogens is 182 g/mol. The van der Waals surface area contributed by atoms with E-state index in [2.05, 4.69) is 0 Å². The molecule has 0 radical (unpaired) electrons. The molecule has 4 heteroatoms.